The van der Waals surface area contributed by atoms with Gasteiger partial charge in [-0.1, -0.05) is 23.2 Å². The Bertz CT molecular complexity index is 265. The van der Waals surface area contributed by atoms with E-state index in [9.17, 15) is 4.39 Å². The van der Waals surface area contributed by atoms with E-state index in [1.54, 1.807) is 13.0 Å². The molecule has 0 aliphatic rings. The summed E-state index contributed by atoms with van der Waals surface area (Å²) in [5.74, 6) is 0.351. The van der Waals surface area contributed by atoms with Crippen LogP contribution in [0, 0.1) is 6.92 Å². The summed E-state index contributed by atoms with van der Waals surface area (Å²) in [5.41, 5.74) is 0.727. The number of benzene rings is 1. The molecule has 0 fully saturated rings. The van der Waals surface area contributed by atoms with Crippen molar-refractivity contribution in [2.45, 2.75) is 6.92 Å². The smallest absolute Gasteiger partial charge is 0.228 e. The highest BCUT2D eigenvalue weighted by Gasteiger charge is 2.06. The van der Waals surface area contributed by atoms with E-state index < -0.39 is 6.86 Å². The lowest BCUT2D eigenvalue weighted by Crippen LogP contribution is -1.93. The van der Waals surface area contributed by atoms with Crippen LogP contribution in [0.3, 0.4) is 0 Å². The maximum atomic E-state index is 11.8. The van der Waals surface area contributed by atoms with Gasteiger partial charge in [-0.05, 0) is 24.6 Å². The minimum atomic E-state index is -0.887. The van der Waals surface area contributed by atoms with Crippen molar-refractivity contribution in [3.8, 4) is 5.75 Å². The molecule has 1 rings (SSSR count). The Hall–Kier alpha value is -0.470. The van der Waals surface area contributed by atoms with Crippen molar-refractivity contribution in [3.05, 3.63) is 27.7 Å². The van der Waals surface area contributed by atoms with Crippen LogP contribution in [0.5, 0.6) is 5.75 Å². The van der Waals surface area contributed by atoms with E-state index in [0.717, 1.165) is 5.56 Å². The fraction of sp³-hybridized carbons (Fsp3) is 0.250. The zero-order chi connectivity index (χ0) is 9.14. The number of alkyl halides is 1. The summed E-state index contributed by atoms with van der Waals surface area (Å²) in [5, 5.41) is 0.848. The number of hydrogen-bond donors (Lipinski definition) is 0. The summed E-state index contributed by atoms with van der Waals surface area (Å²) in [6.45, 7) is 0.866. The van der Waals surface area contributed by atoms with Gasteiger partial charge in [-0.2, -0.15) is 0 Å². The summed E-state index contributed by atoms with van der Waals surface area (Å²) in [7, 11) is 0. The van der Waals surface area contributed by atoms with Crippen LogP contribution < -0.4 is 4.74 Å². The van der Waals surface area contributed by atoms with Crippen LogP contribution in [-0.4, -0.2) is 6.86 Å². The maximum Gasteiger partial charge on any atom is 0.228 e. The second kappa shape index (κ2) is 3.97. The second-order valence-electron chi connectivity index (χ2n) is 2.29. The van der Waals surface area contributed by atoms with Crippen molar-refractivity contribution in [2.75, 3.05) is 6.86 Å². The lowest BCUT2D eigenvalue weighted by molar-refractivity contribution is 0.191. The number of hydrogen-bond acceptors (Lipinski definition) is 1. The molecule has 1 aromatic carbocycles. The summed E-state index contributed by atoms with van der Waals surface area (Å²) in [6, 6.07) is 3.18. The standard InChI is InChI=1S/C8H7Cl2FO/c1-5-2-6(9)3-7(10)8(5)12-4-11/h2-3H,4H2,1H3. The van der Waals surface area contributed by atoms with Crippen LogP contribution in [0.15, 0.2) is 12.1 Å². The van der Waals surface area contributed by atoms with E-state index in [4.69, 9.17) is 23.2 Å². The zero-order valence-electron chi connectivity index (χ0n) is 6.40. The first-order valence-electron chi connectivity index (χ1n) is 3.29. The van der Waals surface area contributed by atoms with Gasteiger partial charge < -0.3 is 4.74 Å². The Morgan fingerprint density at radius 1 is 1.42 bits per heavy atom. The van der Waals surface area contributed by atoms with Gasteiger partial charge in [-0.3, -0.25) is 0 Å². The monoisotopic (exact) mass is 208 g/mol. The normalized spacial score (nSPS) is 10.0. The molecule has 0 unspecified atom stereocenters. The molecule has 4 heteroatoms. The third-order valence-electron chi connectivity index (χ3n) is 1.39. The zero-order valence-corrected chi connectivity index (χ0v) is 7.92. The average molecular weight is 209 g/mol. The molecule has 0 atom stereocenters. The van der Waals surface area contributed by atoms with Gasteiger partial charge in [0.1, 0.15) is 5.75 Å². The van der Waals surface area contributed by atoms with E-state index in [1.165, 1.54) is 6.07 Å². The van der Waals surface area contributed by atoms with Crippen molar-refractivity contribution in [1.82, 2.24) is 0 Å². The van der Waals surface area contributed by atoms with Gasteiger partial charge in [0.15, 0.2) is 0 Å². The number of halogens is 3. The fourth-order valence-corrected chi connectivity index (χ4v) is 1.58. The number of rotatable bonds is 2. The molecule has 0 radical (unpaired) electrons. The summed E-state index contributed by atoms with van der Waals surface area (Å²) in [6.07, 6.45) is 0. The maximum absolute atomic E-state index is 11.8. The lowest BCUT2D eigenvalue weighted by Gasteiger charge is -2.07. The topological polar surface area (TPSA) is 9.23 Å². The van der Waals surface area contributed by atoms with Crippen molar-refractivity contribution >= 4 is 23.2 Å². The van der Waals surface area contributed by atoms with Gasteiger partial charge in [-0.25, -0.2) is 4.39 Å². The molecule has 0 amide bonds. The molecular weight excluding hydrogens is 202 g/mol. The third kappa shape index (κ3) is 2.02. The lowest BCUT2D eigenvalue weighted by atomic mass is 10.2. The van der Waals surface area contributed by atoms with Crippen LogP contribution in [0.25, 0.3) is 0 Å². The Labute approximate surface area is 80.0 Å². The van der Waals surface area contributed by atoms with E-state index in [1.807, 2.05) is 0 Å². The Morgan fingerprint density at radius 2 is 2.08 bits per heavy atom. The van der Waals surface area contributed by atoms with Crippen LogP contribution in [0.1, 0.15) is 5.56 Å². The van der Waals surface area contributed by atoms with Gasteiger partial charge in [-0.15, -0.1) is 0 Å². The molecule has 0 spiro atoms. The first-order valence-corrected chi connectivity index (χ1v) is 4.05. The predicted molar refractivity (Wildman–Crippen MR) is 47.8 cm³/mol. The molecular formula is C8H7Cl2FO. The molecule has 12 heavy (non-hydrogen) atoms. The Balaban J connectivity index is 3.10. The molecule has 0 aliphatic carbocycles. The van der Waals surface area contributed by atoms with Crippen LogP contribution >= 0.6 is 23.2 Å². The minimum absolute atomic E-state index is 0.331. The van der Waals surface area contributed by atoms with Gasteiger partial charge >= 0.3 is 0 Å². The average Bonchev–Trinajstić information content (AvgIpc) is 1.96. The molecule has 1 nitrogen and oxygen atoms in total. The van der Waals surface area contributed by atoms with Crippen molar-refractivity contribution in [1.29, 1.82) is 0 Å². The molecule has 0 saturated heterocycles. The van der Waals surface area contributed by atoms with Crippen molar-refractivity contribution in [3.63, 3.8) is 0 Å². The highest BCUT2D eigenvalue weighted by Crippen LogP contribution is 2.31. The minimum Gasteiger partial charge on any atom is -0.461 e. The van der Waals surface area contributed by atoms with E-state index in [2.05, 4.69) is 4.74 Å². The molecule has 66 valence electrons. The molecule has 0 N–H and O–H groups in total. The first kappa shape index (κ1) is 9.62. The highest BCUT2D eigenvalue weighted by molar-refractivity contribution is 6.35. The third-order valence-corrected chi connectivity index (χ3v) is 1.89. The summed E-state index contributed by atoms with van der Waals surface area (Å²) >= 11 is 11.4. The largest absolute Gasteiger partial charge is 0.461 e. The van der Waals surface area contributed by atoms with Gasteiger partial charge in [0.25, 0.3) is 0 Å². The molecule has 0 saturated carbocycles. The van der Waals surface area contributed by atoms with E-state index in [0.29, 0.717) is 15.8 Å². The molecule has 0 bridgehead atoms. The molecule has 1 aromatic rings. The summed E-state index contributed by atoms with van der Waals surface area (Å²) < 4.78 is 16.5. The number of ether oxygens (including phenoxy) is 1. The van der Waals surface area contributed by atoms with E-state index >= 15 is 0 Å². The van der Waals surface area contributed by atoms with Gasteiger partial charge in [0, 0.05) is 5.02 Å². The predicted octanol–water partition coefficient (Wildman–Crippen LogP) is 3.61. The quantitative estimate of drug-likeness (QED) is 0.722. The van der Waals surface area contributed by atoms with Crippen LogP contribution in [0.4, 0.5) is 4.39 Å². The van der Waals surface area contributed by atoms with Crippen molar-refractivity contribution < 1.29 is 9.13 Å². The summed E-state index contributed by atoms with van der Waals surface area (Å²) in [4.78, 5) is 0. The second-order valence-corrected chi connectivity index (χ2v) is 3.13. The van der Waals surface area contributed by atoms with Crippen molar-refractivity contribution in [2.24, 2.45) is 0 Å². The van der Waals surface area contributed by atoms with Gasteiger partial charge in [0.2, 0.25) is 6.86 Å². The SMILES string of the molecule is Cc1cc(Cl)cc(Cl)c1OCF. The van der Waals surface area contributed by atoms with Crippen LogP contribution in [0.2, 0.25) is 10.0 Å². The van der Waals surface area contributed by atoms with Gasteiger partial charge in [0.05, 0.1) is 5.02 Å². The van der Waals surface area contributed by atoms with Crippen LogP contribution in [-0.2, 0) is 0 Å². The Morgan fingerprint density at radius 3 is 2.58 bits per heavy atom. The molecule has 0 heterocycles. The highest BCUT2D eigenvalue weighted by atomic mass is 35.5. The molecule has 0 aliphatic heterocycles. The van der Waals surface area contributed by atoms with E-state index in [-0.39, 0.29) is 0 Å². The molecule has 0 aromatic heterocycles. The Kier molecular flexibility index (Phi) is 3.18. The first-order chi connectivity index (χ1) is 5.65. The number of aryl methyl sites for hydroxylation is 1. The fourth-order valence-electron chi connectivity index (χ4n) is 0.926.